The molecule has 0 spiro atoms. The molecular formula is C13H13N3O4. The van der Waals surface area contributed by atoms with Gasteiger partial charge in [-0.25, -0.2) is 4.79 Å². The first kappa shape index (κ1) is 12.5. The van der Waals surface area contributed by atoms with Crippen molar-refractivity contribution in [2.45, 2.75) is 13.0 Å². The highest BCUT2D eigenvalue weighted by Gasteiger charge is 2.35. The number of hydrogen-bond donors (Lipinski definition) is 1. The summed E-state index contributed by atoms with van der Waals surface area (Å²) in [5, 5.41) is 13.0. The molecule has 0 aliphatic carbocycles. The molecular weight excluding hydrogens is 262 g/mol. The molecule has 1 N–H and O–H groups in total. The molecule has 1 saturated heterocycles. The van der Waals surface area contributed by atoms with Crippen molar-refractivity contribution in [2.24, 2.45) is 0 Å². The number of likely N-dealkylation sites (tertiary alicyclic amines) is 1. The predicted octanol–water partition coefficient (Wildman–Crippen LogP) is 1.18. The van der Waals surface area contributed by atoms with E-state index in [4.69, 9.17) is 9.52 Å². The topological polar surface area (TPSA) is 88.6 Å². The molecule has 3 rings (SSSR count). The highest BCUT2D eigenvalue weighted by atomic mass is 16.4. The Kier molecular flexibility index (Phi) is 2.81. The van der Waals surface area contributed by atoms with Crippen LogP contribution in [-0.4, -0.2) is 44.8 Å². The van der Waals surface area contributed by atoms with Gasteiger partial charge >= 0.3 is 5.97 Å². The lowest BCUT2D eigenvalue weighted by Crippen LogP contribution is -2.51. The minimum absolute atomic E-state index is 0.101. The van der Waals surface area contributed by atoms with Crippen molar-refractivity contribution >= 4 is 11.9 Å². The standard InChI is InChI=1S/C13H13N3O4/c1-8-4-11(20-7-8)12(17)15-5-9(6-15)16-10(13(18)19)2-3-14-16/h2-4,7,9H,5-6H2,1H3,(H,18,19). The summed E-state index contributed by atoms with van der Waals surface area (Å²) in [7, 11) is 0. The monoisotopic (exact) mass is 275 g/mol. The summed E-state index contributed by atoms with van der Waals surface area (Å²) in [5.41, 5.74) is 1.03. The molecule has 0 aromatic carbocycles. The Bertz CT molecular complexity index is 667. The van der Waals surface area contributed by atoms with E-state index < -0.39 is 5.97 Å². The van der Waals surface area contributed by atoms with Crippen LogP contribution in [0.4, 0.5) is 0 Å². The zero-order chi connectivity index (χ0) is 14.3. The van der Waals surface area contributed by atoms with Crippen LogP contribution >= 0.6 is 0 Å². The lowest BCUT2D eigenvalue weighted by molar-refractivity contribution is 0.0454. The number of carbonyl (C=O) groups is 2. The first-order chi connectivity index (χ1) is 9.56. The normalized spacial score (nSPS) is 15.2. The third kappa shape index (κ3) is 1.97. The Morgan fingerprint density at radius 2 is 2.20 bits per heavy atom. The van der Waals surface area contributed by atoms with Gasteiger partial charge in [-0.05, 0) is 24.6 Å². The fraction of sp³-hybridized carbons (Fsp3) is 0.308. The van der Waals surface area contributed by atoms with Crippen LogP contribution < -0.4 is 0 Å². The van der Waals surface area contributed by atoms with Crippen LogP contribution in [0, 0.1) is 6.92 Å². The molecule has 104 valence electrons. The molecule has 1 aliphatic rings. The molecule has 20 heavy (non-hydrogen) atoms. The smallest absolute Gasteiger partial charge is 0.354 e. The van der Waals surface area contributed by atoms with Crippen LogP contribution in [0.15, 0.2) is 29.0 Å². The fourth-order valence-electron chi connectivity index (χ4n) is 2.25. The van der Waals surface area contributed by atoms with Gasteiger partial charge in [0.25, 0.3) is 5.91 Å². The van der Waals surface area contributed by atoms with E-state index in [1.165, 1.54) is 23.2 Å². The fourth-order valence-corrected chi connectivity index (χ4v) is 2.25. The van der Waals surface area contributed by atoms with Crippen molar-refractivity contribution in [1.29, 1.82) is 0 Å². The predicted molar refractivity (Wildman–Crippen MR) is 67.6 cm³/mol. The molecule has 2 aromatic rings. The maximum atomic E-state index is 12.1. The first-order valence-corrected chi connectivity index (χ1v) is 6.17. The lowest BCUT2D eigenvalue weighted by atomic mass is 10.1. The summed E-state index contributed by atoms with van der Waals surface area (Å²) >= 11 is 0. The van der Waals surface area contributed by atoms with Crippen LogP contribution in [0.1, 0.15) is 32.6 Å². The number of nitrogens with zero attached hydrogens (tertiary/aromatic N) is 3. The van der Waals surface area contributed by atoms with Crippen LogP contribution in [0.25, 0.3) is 0 Å². The van der Waals surface area contributed by atoms with E-state index in [-0.39, 0.29) is 17.6 Å². The van der Waals surface area contributed by atoms with Gasteiger partial charge in [0.2, 0.25) is 0 Å². The van der Waals surface area contributed by atoms with Gasteiger partial charge in [0.15, 0.2) is 5.76 Å². The number of amides is 1. The minimum Gasteiger partial charge on any atom is -0.477 e. The van der Waals surface area contributed by atoms with Gasteiger partial charge in [-0.3, -0.25) is 9.48 Å². The average Bonchev–Trinajstić information content (AvgIpc) is 2.95. The van der Waals surface area contributed by atoms with Crippen LogP contribution in [0.2, 0.25) is 0 Å². The minimum atomic E-state index is -1.02. The molecule has 7 heteroatoms. The van der Waals surface area contributed by atoms with Gasteiger partial charge in [0, 0.05) is 19.3 Å². The summed E-state index contributed by atoms with van der Waals surface area (Å²) in [4.78, 5) is 24.7. The molecule has 0 saturated carbocycles. The highest BCUT2D eigenvalue weighted by molar-refractivity contribution is 5.92. The number of rotatable bonds is 3. The molecule has 7 nitrogen and oxygen atoms in total. The number of aromatic carboxylic acids is 1. The number of aromatic nitrogens is 2. The van der Waals surface area contributed by atoms with Gasteiger partial charge < -0.3 is 14.4 Å². The molecule has 3 heterocycles. The maximum Gasteiger partial charge on any atom is 0.354 e. The maximum absolute atomic E-state index is 12.1. The third-order valence-electron chi connectivity index (χ3n) is 3.33. The van der Waals surface area contributed by atoms with E-state index in [0.29, 0.717) is 18.8 Å². The van der Waals surface area contributed by atoms with Crippen molar-refractivity contribution in [1.82, 2.24) is 14.7 Å². The van der Waals surface area contributed by atoms with Crippen molar-refractivity contribution in [3.63, 3.8) is 0 Å². The van der Waals surface area contributed by atoms with Gasteiger partial charge in [-0.2, -0.15) is 5.10 Å². The summed E-state index contributed by atoms with van der Waals surface area (Å²) in [6.07, 6.45) is 2.98. The summed E-state index contributed by atoms with van der Waals surface area (Å²) in [5.74, 6) is -0.896. The van der Waals surface area contributed by atoms with Gasteiger partial charge in [0.1, 0.15) is 5.69 Å². The number of aryl methyl sites for hydroxylation is 1. The van der Waals surface area contributed by atoms with Crippen LogP contribution in [0.5, 0.6) is 0 Å². The second-order valence-corrected chi connectivity index (χ2v) is 4.82. The molecule has 0 unspecified atom stereocenters. The van der Waals surface area contributed by atoms with Crippen LogP contribution in [0.3, 0.4) is 0 Å². The Morgan fingerprint density at radius 3 is 2.80 bits per heavy atom. The van der Waals surface area contributed by atoms with E-state index in [9.17, 15) is 9.59 Å². The molecule has 1 aliphatic heterocycles. The molecule has 1 amide bonds. The molecule has 0 radical (unpaired) electrons. The Labute approximate surface area is 114 Å². The van der Waals surface area contributed by atoms with E-state index >= 15 is 0 Å². The highest BCUT2D eigenvalue weighted by Crippen LogP contribution is 2.24. The number of hydrogen-bond acceptors (Lipinski definition) is 4. The summed E-state index contributed by atoms with van der Waals surface area (Å²) in [6, 6.07) is 3.03. The van der Waals surface area contributed by atoms with Crippen molar-refractivity contribution in [3.8, 4) is 0 Å². The van der Waals surface area contributed by atoms with Crippen molar-refractivity contribution < 1.29 is 19.1 Å². The second kappa shape index (κ2) is 4.52. The zero-order valence-corrected chi connectivity index (χ0v) is 10.8. The Balaban J connectivity index is 1.68. The summed E-state index contributed by atoms with van der Waals surface area (Å²) in [6.45, 7) is 2.71. The SMILES string of the molecule is Cc1coc(C(=O)N2CC(n3nccc3C(=O)O)C2)c1. The average molecular weight is 275 g/mol. The van der Waals surface area contributed by atoms with Gasteiger partial charge in [0.05, 0.1) is 12.3 Å². The van der Waals surface area contributed by atoms with E-state index in [1.807, 2.05) is 6.92 Å². The van der Waals surface area contributed by atoms with Crippen molar-refractivity contribution in [2.75, 3.05) is 13.1 Å². The van der Waals surface area contributed by atoms with E-state index in [1.54, 1.807) is 11.0 Å². The van der Waals surface area contributed by atoms with Gasteiger partial charge in [-0.15, -0.1) is 0 Å². The third-order valence-corrected chi connectivity index (χ3v) is 3.33. The summed E-state index contributed by atoms with van der Waals surface area (Å²) < 4.78 is 6.61. The number of furan rings is 1. The second-order valence-electron chi connectivity index (χ2n) is 4.82. The first-order valence-electron chi connectivity index (χ1n) is 6.17. The number of carboxylic acids is 1. The Hall–Kier alpha value is -2.57. The van der Waals surface area contributed by atoms with E-state index in [2.05, 4.69) is 5.10 Å². The Morgan fingerprint density at radius 1 is 1.45 bits per heavy atom. The van der Waals surface area contributed by atoms with Gasteiger partial charge in [-0.1, -0.05) is 0 Å². The number of carbonyl (C=O) groups excluding carboxylic acids is 1. The molecule has 0 atom stereocenters. The molecule has 2 aromatic heterocycles. The quantitative estimate of drug-likeness (QED) is 0.908. The van der Waals surface area contributed by atoms with Crippen LogP contribution in [-0.2, 0) is 0 Å². The molecule has 1 fully saturated rings. The van der Waals surface area contributed by atoms with E-state index in [0.717, 1.165) is 5.56 Å². The number of carboxylic acid groups (broad SMARTS) is 1. The largest absolute Gasteiger partial charge is 0.477 e. The molecule has 0 bridgehead atoms. The lowest BCUT2D eigenvalue weighted by Gasteiger charge is -2.38. The van der Waals surface area contributed by atoms with Crippen molar-refractivity contribution in [3.05, 3.63) is 41.6 Å². The zero-order valence-electron chi connectivity index (χ0n) is 10.8.